The highest BCUT2D eigenvalue weighted by Gasteiger charge is 2.06. The zero-order valence-corrected chi connectivity index (χ0v) is 14.8. The van der Waals surface area contributed by atoms with E-state index in [2.05, 4.69) is 52.0 Å². The zero-order chi connectivity index (χ0) is 17.5. The highest BCUT2D eigenvalue weighted by atomic mass is 16.5. The normalized spacial score (nSPS) is 14.6. The molecule has 0 amide bonds. The Bertz CT molecular complexity index is 696. The van der Waals surface area contributed by atoms with Crippen LogP contribution < -0.4 is 15.4 Å². The van der Waals surface area contributed by atoms with E-state index in [1.807, 2.05) is 19.1 Å². The topological polar surface area (TPSA) is 54.9 Å². The smallest absolute Gasteiger partial charge is 0.195 e. The van der Waals surface area contributed by atoms with Crippen LogP contribution in [0.5, 0.6) is 5.75 Å². The minimum absolute atomic E-state index is 0.0508. The lowest BCUT2D eigenvalue weighted by molar-refractivity contribution is 0.0921. The Balaban J connectivity index is 1.54. The van der Waals surface area contributed by atoms with Gasteiger partial charge in [-0.15, -0.1) is 0 Å². The molecule has 2 aromatic rings. The van der Waals surface area contributed by atoms with Gasteiger partial charge in [0.2, 0.25) is 0 Å². The van der Waals surface area contributed by atoms with E-state index in [4.69, 9.17) is 9.47 Å². The van der Waals surface area contributed by atoms with Gasteiger partial charge in [-0.1, -0.05) is 24.3 Å². The molecule has 132 valence electrons. The molecular formula is C20H25N3O2. The lowest BCUT2D eigenvalue weighted by Crippen LogP contribution is -2.26. The van der Waals surface area contributed by atoms with Gasteiger partial charge in [-0.25, -0.2) is 0 Å². The maximum absolute atomic E-state index is 5.79. The minimum atomic E-state index is 0.0508. The summed E-state index contributed by atoms with van der Waals surface area (Å²) in [5, 5.41) is 6.49. The van der Waals surface area contributed by atoms with Crippen LogP contribution in [0.25, 0.3) is 0 Å². The first-order chi connectivity index (χ1) is 12.2. The summed E-state index contributed by atoms with van der Waals surface area (Å²) in [6.45, 7) is 4.33. The average molecular weight is 339 g/mol. The number of guanidine groups is 1. The lowest BCUT2D eigenvalue weighted by Gasteiger charge is -2.14. The molecule has 1 aliphatic rings. The van der Waals surface area contributed by atoms with Crippen LogP contribution in [0.1, 0.15) is 18.1 Å². The second-order valence-electron chi connectivity index (χ2n) is 6.18. The third kappa shape index (κ3) is 5.22. The molecule has 0 saturated carbocycles. The summed E-state index contributed by atoms with van der Waals surface area (Å²) in [7, 11) is 1.68. The number of methoxy groups -OCH3 is 1. The number of benzene rings is 2. The molecule has 3 rings (SSSR count). The fourth-order valence-corrected chi connectivity index (χ4v) is 2.75. The molecule has 2 N–H and O–H groups in total. The molecule has 0 fully saturated rings. The highest BCUT2D eigenvalue weighted by Crippen LogP contribution is 2.18. The van der Waals surface area contributed by atoms with E-state index >= 15 is 0 Å². The predicted octanol–water partition coefficient (Wildman–Crippen LogP) is 3.06. The van der Waals surface area contributed by atoms with Gasteiger partial charge >= 0.3 is 0 Å². The molecule has 25 heavy (non-hydrogen) atoms. The summed E-state index contributed by atoms with van der Waals surface area (Å²) in [6, 6.07) is 16.7. The van der Waals surface area contributed by atoms with Crippen LogP contribution in [0.4, 0.5) is 5.69 Å². The average Bonchev–Trinajstić information content (AvgIpc) is 3.12. The van der Waals surface area contributed by atoms with Crippen molar-refractivity contribution < 1.29 is 9.47 Å². The third-order valence-electron chi connectivity index (χ3n) is 3.96. The molecule has 0 saturated heterocycles. The highest BCUT2D eigenvalue weighted by molar-refractivity contribution is 5.94. The minimum Gasteiger partial charge on any atom is -0.488 e. The quantitative estimate of drug-likeness (QED) is 0.814. The van der Waals surface area contributed by atoms with E-state index in [9.17, 15) is 0 Å². The van der Waals surface area contributed by atoms with Crippen LogP contribution in [-0.2, 0) is 11.2 Å². The van der Waals surface area contributed by atoms with Gasteiger partial charge in [-0.2, -0.15) is 0 Å². The summed E-state index contributed by atoms with van der Waals surface area (Å²) in [5.74, 6) is 1.73. The van der Waals surface area contributed by atoms with Gasteiger partial charge in [0.15, 0.2) is 5.96 Å². The summed E-state index contributed by atoms with van der Waals surface area (Å²) >= 11 is 0. The van der Waals surface area contributed by atoms with Crippen molar-refractivity contribution in [2.45, 2.75) is 19.4 Å². The van der Waals surface area contributed by atoms with Gasteiger partial charge in [-0.05, 0) is 48.7 Å². The first kappa shape index (κ1) is 17.3. The Labute approximate surface area is 149 Å². The second kappa shape index (κ2) is 8.53. The van der Waals surface area contributed by atoms with Crippen LogP contribution in [-0.4, -0.2) is 38.9 Å². The number of nitrogens with zero attached hydrogens (tertiary/aromatic N) is 1. The van der Waals surface area contributed by atoms with Crippen molar-refractivity contribution >= 4 is 11.6 Å². The number of hydrogen-bond donors (Lipinski definition) is 2. The second-order valence-corrected chi connectivity index (χ2v) is 6.18. The SMILES string of the molecule is COCC(C)Oc1ccc(Cc2ccc(NC3=NCCN3)cc2)cc1. The Morgan fingerprint density at radius 2 is 1.76 bits per heavy atom. The van der Waals surface area contributed by atoms with Crippen LogP contribution in [0.2, 0.25) is 0 Å². The van der Waals surface area contributed by atoms with E-state index in [0.29, 0.717) is 6.61 Å². The fourth-order valence-electron chi connectivity index (χ4n) is 2.75. The van der Waals surface area contributed by atoms with Crippen LogP contribution in [0.15, 0.2) is 53.5 Å². The van der Waals surface area contributed by atoms with Crippen molar-refractivity contribution in [1.29, 1.82) is 0 Å². The van der Waals surface area contributed by atoms with E-state index < -0.39 is 0 Å². The van der Waals surface area contributed by atoms with E-state index in [1.165, 1.54) is 11.1 Å². The van der Waals surface area contributed by atoms with Crippen molar-refractivity contribution in [3.63, 3.8) is 0 Å². The summed E-state index contributed by atoms with van der Waals surface area (Å²) in [6.07, 6.45) is 0.947. The number of aliphatic imine (C=N–C) groups is 1. The van der Waals surface area contributed by atoms with E-state index in [1.54, 1.807) is 7.11 Å². The lowest BCUT2D eigenvalue weighted by atomic mass is 10.0. The molecule has 0 spiro atoms. The van der Waals surface area contributed by atoms with Gasteiger partial charge in [0.25, 0.3) is 0 Å². The molecule has 1 atom stereocenters. The summed E-state index contributed by atoms with van der Waals surface area (Å²) < 4.78 is 10.9. The van der Waals surface area contributed by atoms with Gasteiger partial charge in [0.1, 0.15) is 11.9 Å². The van der Waals surface area contributed by atoms with Crippen molar-refractivity contribution in [3.8, 4) is 5.75 Å². The molecule has 1 unspecified atom stereocenters. The fraction of sp³-hybridized carbons (Fsp3) is 0.350. The van der Waals surface area contributed by atoms with Crippen molar-refractivity contribution in [1.82, 2.24) is 5.32 Å². The molecule has 0 aromatic heterocycles. The number of rotatable bonds is 7. The molecular weight excluding hydrogens is 314 g/mol. The Kier molecular flexibility index (Phi) is 5.90. The maximum Gasteiger partial charge on any atom is 0.195 e. The number of ether oxygens (including phenoxy) is 2. The van der Waals surface area contributed by atoms with Gasteiger partial charge in [-0.3, -0.25) is 4.99 Å². The molecule has 1 aliphatic heterocycles. The number of hydrogen-bond acceptors (Lipinski definition) is 5. The van der Waals surface area contributed by atoms with E-state index in [-0.39, 0.29) is 6.10 Å². The molecule has 1 heterocycles. The number of anilines is 1. The summed E-state index contributed by atoms with van der Waals surface area (Å²) in [4.78, 5) is 4.34. The molecule has 2 aromatic carbocycles. The first-order valence-corrected chi connectivity index (χ1v) is 8.62. The van der Waals surface area contributed by atoms with Gasteiger partial charge in [0, 0.05) is 19.3 Å². The third-order valence-corrected chi connectivity index (χ3v) is 3.96. The van der Waals surface area contributed by atoms with Crippen molar-refractivity contribution in [2.24, 2.45) is 4.99 Å². The van der Waals surface area contributed by atoms with Gasteiger partial charge in [0.05, 0.1) is 13.2 Å². The molecule has 0 bridgehead atoms. The molecule has 0 radical (unpaired) electrons. The van der Waals surface area contributed by atoms with Crippen molar-refractivity contribution in [2.75, 3.05) is 32.1 Å². The standard InChI is InChI=1S/C20H25N3O2/c1-15(14-24-2)25-19-9-5-17(6-10-19)13-16-3-7-18(8-4-16)23-20-21-11-12-22-20/h3-10,15H,11-14H2,1-2H3,(H2,21,22,23). The molecule has 5 heteroatoms. The van der Waals surface area contributed by atoms with Crippen LogP contribution >= 0.6 is 0 Å². The number of nitrogens with one attached hydrogen (secondary N) is 2. The van der Waals surface area contributed by atoms with Crippen LogP contribution in [0, 0.1) is 0 Å². The molecule has 5 nitrogen and oxygen atoms in total. The summed E-state index contributed by atoms with van der Waals surface area (Å²) in [5.41, 5.74) is 3.58. The Morgan fingerprint density at radius 3 is 2.36 bits per heavy atom. The van der Waals surface area contributed by atoms with Crippen molar-refractivity contribution in [3.05, 3.63) is 59.7 Å². The Hall–Kier alpha value is -2.53. The first-order valence-electron chi connectivity index (χ1n) is 8.62. The largest absolute Gasteiger partial charge is 0.488 e. The molecule has 0 aliphatic carbocycles. The van der Waals surface area contributed by atoms with E-state index in [0.717, 1.165) is 36.9 Å². The zero-order valence-electron chi connectivity index (χ0n) is 14.8. The predicted molar refractivity (Wildman–Crippen MR) is 102 cm³/mol. The van der Waals surface area contributed by atoms with Gasteiger partial charge < -0.3 is 20.1 Å². The monoisotopic (exact) mass is 339 g/mol. The Morgan fingerprint density at radius 1 is 1.08 bits per heavy atom. The van der Waals surface area contributed by atoms with Crippen LogP contribution in [0.3, 0.4) is 0 Å². The maximum atomic E-state index is 5.79.